The molecule has 0 fully saturated rings. The van der Waals surface area contributed by atoms with E-state index in [1.165, 1.54) is 77.7 Å². The van der Waals surface area contributed by atoms with Crippen molar-refractivity contribution >= 4 is 44.3 Å². The van der Waals surface area contributed by atoms with Crippen LogP contribution < -0.4 is 9.80 Å². The third-order valence-electron chi connectivity index (χ3n) is 9.84. The molecule has 8 aromatic carbocycles. The van der Waals surface area contributed by atoms with Crippen molar-refractivity contribution in [1.29, 1.82) is 0 Å². The lowest BCUT2D eigenvalue weighted by atomic mass is 9.89. The van der Waals surface area contributed by atoms with Gasteiger partial charge in [0.25, 0.3) is 0 Å². The zero-order valence-corrected chi connectivity index (χ0v) is 28.6. The smallest absolute Gasteiger partial charge is 0.0498 e. The molecule has 0 radical (unpaired) electrons. The number of fused-ring (bicyclic) bond motifs is 2. The maximum Gasteiger partial charge on any atom is 0.0498 e. The Bertz CT molecular complexity index is 2240. The highest BCUT2D eigenvalue weighted by Gasteiger charge is 2.25. The Kier molecular flexibility index (Phi) is 8.59. The first-order chi connectivity index (χ1) is 24.8. The second-order valence-corrected chi connectivity index (χ2v) is 12.6. The number of rotatable bonds is 9. The van der Waals surface area contributed by atoms with Crippen LogP contribution in [0.15, 0.2) is 182 Å². The molecule has 0 atom stereocenters. The van der Waals surface area contributed by atoms with E-state index in [-0.39, 0.29) is 0 Å². The molecule has 242 valence electrons. The topological polar surface area (TPSA) is 6.48 Å². The fraction of sp³-hybridized carbons (Fsp3) is 0.0833. The SMILES string of the molecule is CCN(c1ccccc1-c1ccccc1)c1ccc2ccccc2c1-c1c(N(CC)c2ccccc2-c2ccccc2)ccc2ccccc12. The first kappa shape index (κ1) is 31.2. The average molecular weight is 645 g/mol. The summed E-state index contributed by atoms with van der Waals surface area (Å²) in [4.78, 5) is 5.01. The fourth-order valence-electron chi connectivity index (χ4n) is 7.58. The zero-order chi connectivity index (χ0) is 33.9. The third-order valence-corrected chi connectivity index (χ3v) is 9.84. The molecular formula is C48H40N2. The summed E-state index contributed by atoms with van der Waals surface area (Å²) in [5.74, 6) is 0. The molecule has 0 spiro atoms. The Labute approximate surface area is 295 Å². The molecular weight excluding hydrogens is 605 g/mol. The van der Waals surface area contributed by atoms with Crippen molar-refractivity contribution in [1.82, 2.24) is 0 Å². The molecule has 0 amide bonds. The van der Waals surface area contributed by atoms with Crippen LogP contribution >= 0.6 is 0 Å². The van der Waals surface area contributed by atoms with Crippen molar-refractivity contribution in [2.75, 3.05) is 22.9 Å². The predicted molar refractivity (Wildman–Crippen MR) is 216 cm³/mol. The number of anilines is 4. The van der Waals surface area contributed by atoms with Crippen LogP contribution in [0.3, 0.4) is 0 Å². The quantitative estimate of drug-likeness (QED) is 0.154. The molecule has 50 heavy (non-hydrogen) atoms. The van der Waals surface area contributed by atoms with Gasteiger partial charge >= 0.3 is 0 Å². The average Bonchev–Trinajstić information content (AvgIpc) is 3.19. The van der Waals surface area contributed by atoms with Gasteiger partial charge in [-0.1, -0.05) is 158 Å². The highest BCUT2D eigenvalue weighted by molar-refractivity contribution is 6.15. The van der Waals surface area contributed by atoms with Gasteiger partial charge in [-0.3, -0.25) is 0 Å². The van der Waals surface area contributed by atoms with Crippen molar-refractivity contribution < 1.29 is 0 Å². The molecule has 8 rings (SSSR count). The predicted octanol–water partition coefficient (Wildman–Crippen LogP) is 13.3. The molecule has 8 aromatic rings. The molecule has 0 heterocycles. The molecule has 2 nitrogen and oxygen atoms in total. The maximum atomic E-state index is 2.50. The van der Waals surface area contributed by atoms with E-state index in [2.05, 4.69) is 206 Å². The Hall–Kier alpha value is -6.12. The van der Waals surface area contributed by atoms with Crippen molar-refractivity contribution in [2.45, 2.75) is 13.8 Å². The van der Waals surface area contributed by atoms with Crippen LogP contribution in [0, 0.1) is 0 Å². The lowest BCUT2D eigenvalue weighted by Gasteiger charge is -2.33. The summed E-state index contributed by atoms with van der Waals surface area (Å²) in [5, 5.41) is 4.94. The highest BCUT2D eigenvalue weighted by atomic mass is 15.1. The zero-order valence-electron chi connectivity index (χ0n) is 28.6. The molecule has 2 heteroatoms. The molecule has 0 aliphatic carbocycles. The molecule has 0 bridgehead atoms. The van der Waals surface area contributed by atoms with E-state index in [0.29, 0.717) is 0 Å². The Morgan fingerprint density at radius 3 is 1.10 bits per heavy atom. The van der Waals surface area contributed by atoms with Crippen LogP contribution in [0.2, 0.25) is 0 Å². The largest absolute Gasteiger partial charge is 0.341 e. The highest BCUT2D eigenvalue weighted by Crippen LogP contribution is 2.50. The fourth-order valence-corrected chi connectivity index (χ4v) is 7.58. The van der Waals surface area contributed by atoms with E-state index < -0.39 is 0 Å². The number of hydrogen-bond acceptors (Lipinski definition) is 2. The molecule has 0 N–H and O–H groups in total. The van der Waals surface area contributed by atoms with Crippen molar-refractivity contribution in [3.63, 3.8) is 0 Å². The van der Waals surface area contributed by atoms with Gasteiger partial charge < -0.3 is 9.80 Å². The van der Waals surface area contributed by atoms with Gasteiger partial charge in [-0.15, -0.1) is 0 Å². The first-order valence-corrected chi connectivity index (χ1v) is 17.6. The van der Waals surface area contributed by atoms with Crippen LogP contribution in [-0.4, -0.2) is 13.1 Å². The van der Waals surface area contributed by atoms with Crippen LogP contribution in [0.5, 0.6) is 0 Å². The lowest BCUT2D eigenvalue weighted by Crippen LogP contribution is -2.20. The monoisotopic (exact) mass is 644 g/mol. The molecule has 0 aromatic heterocycles. The van der Waals surface area contributed by atoms with Crippen molar-refractivity contribution in [2.24, 2.45) is 0 Å². The van der Waals surface area contributed by atoms with Crippen LogP contribution in [-0.2, 0) is 0 Å². The minimum atomic E-state index is 0.809. The Morgan fingerprint density at radius 2 is 0.680 bits per heavy atom. The second-order valence-electron chi connectivity index (χ2n) is 12.6. The summed E-state index contributed by atoms with van der Waals surface area (Å²) < 4.78 is 0. The van der Waals surface area contributed by atoms with E-state index in [1.54, 1.807) is 0 Å². The number of benzene rings is 8. The molecule has 0 aliphatic heterocycles. The van der Waals surface area contributed by atoms with E-state index >= 15 is 0 Å². The summed E-state index contributed by atoms with van der Waals surface area (Å²) in [6, 6.07) is 66.1. The summed E-state index contributed by atoms with van der Waals surface area (Å²) in [6.07, 6.45) is 0. The Balaban J connectivity index is 1.44. The summed E-state index contributed by atoms with van der Waals surface area (Å²) in [5.41, 5.74) is 12.1. The second kappa shape index (κ2) is 13.8. The summed E-state index contributed by atoms with van der Waals surface area (Å²) in [6.45, 7) is 6.14. The van der Waals surface area contributed by atoms with Crippen molar-refractivity contribution in [3.8, 4) is 33.4 Å². The van der Waals surface area contributed by atoms with Gasteiger partial charge in [0.2, 0.25) is 0 Å². The summed E-state index contributed by atoms with van der Waals surface area (Å²) >= 11 is 0. The van der Waals surface area contributed by atoms with Gasteiger partial charge in [0, 0.05) is 58.1 Å². The van der Waals surface area contributed by atoms with Gasteiger partial charge in [0.1, 0.15) is 0 Å². The van der Waals surface area contributed by atoms with Crippen molar-refractivity contribution in [3.05, 3.63) is 182 Å². The van der Waals surface area contributed by atoms with Crippen LogP contribution in [0.25, 0.3) is 54.9 Å². The molecule has 0 unspecified atom stereocenters. The van der Waals surface area contributed by atoms with Crippen LogP contribution in [0.4, 0.5) is 22.7 Å². The van der Waals surface area contributed by atoms with E-state index in [0.717, 1.165) is 13.1 Å². The lowest BCUT2D eigenvalue weighted by molar-refractivity contribution is 1.02. The standard InChI is InChI=1S/C48H40N2/c1-3-49(43-29-17-15-25-39(43)35-19-7-5-8-20-35)45-33-31-37-23-11-13-27-41(37)47(45)48-42-28-14-12-24-38(42)32-34-46(48)50(4-2)44-30-18-16-26-40(44)36-21-9-6-10-22-36/h5-34H,3-4H2,1-2H3. The van der Waals surface area contributed by atoms with Gasteiger partial charge in [-0.2, -0.15) is 0 Å². The third kappa shape index (κ3) is 5.59. The van der Waals surface area contributed by atoms with E-state index in [9.17, 15) is 0 Å². The molecule has 0 saturated carbocycles. The van der Waals surface area contributed by atoms with E-state index in [1.807, 2.05) is 0 Å². The van der Waals surface area contributed by atoms with Crippen LogP contribution in [0.1, 0.15) is 13.8 Å². The van der Waals surface area contributed by atoms with E-state index in [4.69, 9.17) is 0 Å². The minimum absolute atomic E-state index is 0.809. The number of nitrogens with zero attached hydrogens (tertiary/aromatic N) is 2. The first-order valence-electron chi connectivity index (χ1n) is 17.6. The maximum absolute atomic E-state index is 2.50. The summed E-state index contributed by atoms with van der Waals surface area (Å²) in [7, 11) is 0. The number of para-hydroxylation sites is 2. The van der Waals surface area contributed by atoms with Gasteiger partial charge in [0.15, 0.2) is 0 Å². The number of hydrogen-bond donors (Lipinski definition) is 0. The Morgan fingerprint density at radius 1 is 0.320 bits per heavy atom. The van der Waals surface area contributed by atoms with Gasteiger partial charge in [-0.05, 0) is 70.8 Å². The minimum Gasteiger partial charge on any atom is -0.341 e. The van der Waals surface area contributed by atoms with Gasteiger partial charge in [0.05, 0.1) is 0 Å². The normalized spacial score (nSPS) is 11.2. The molecule has 0 aliphatic rings. The molecule has 0 saturated heterocycles. The van der Waals surface area contributed by atoms with Gasteiger partial charge in [-0.25, -0.2) is 0 Å².